The summed E-state index contributed by atoms with van der Waals surface area (Å²) in [4.78, 5) is 0. The third-order valence-electron chi connectivity index (χ3n) is 6.65. The Morgan fingerprint density at radius 3 is 2.40 bits per heavy atom. The molecule has 4 unspecified atom stereocenters. The van der Waals surface area contributed by atoms with E-state index in [4.69, 9.17) is 4.74 Å². The van der Waals surface area contributed by atoms with Crippen molar-refractivity contribution in [2.45, 2.75) is 79.4 Å². The van der Waals surface area contributed by atoms with Crippen LogP contribution in [0, 0.1) is 22.7 Å². The first-order valence-electron chi connectivity index (χ1n) is 8.68. The van der Waals surface area contributed by atoms with Crippen molar-refractivity contribution >= 4 is 0 Å². The van der Waals surface area contributed by atoms with Crippen LogP contribution in [0.4, 0.5) is 0 Å². The highest BCUT2D eigenvalue weighted by Crippen LogP contribution is 2.66. The highest BCUT2D eigenvalue weighted by atomic mass is 16.5. The molecule has 2 aliphatic rings. The Morgan fingerprint density at radius 1 is 1.25 bits per heavy atom. The van der Waals surface area contributed by atoms with Gasteiger partial charge < -0.3 is 10.1 Å². The van der Waals surface area contributed by atoms with Crippen molar-refractivity contribution in [1.29, 1.82) is 0 Å². The molecule has 0 amide bonds. The van der Waals surface area contributed by atoms with Gasteiger partial charge in [0.15, 0.2) is 0 Å². The molecule has 118 valence electrons. The van der Waals surface area contributed by atoms with Gasteiger partial charge in [-0.2, -0.15) is 0 Å². The fourth-order valence-corrected chi connectivity index (χ4v) is 4.42. The average Bonchev–Trinajstić information content (AvgIpc) is 2.71. The molecule has 0 heterocycles. The first kappa shape index (κ1) is 16.3. The number of hydrogen-bond donors (Lipinski definition) is 1. The summed E-state index contributed by atoms with van der Waals surface area (Å²) in [5.41, 5.74) is 0.853. The van der Waals surface area contributed by atoms with Crippen molar-refractivity contribution in [3.05, 3.63) is 0 Å². The number of nitrogens with one attached hydrogen (secondary N) is 1. The van der Waals surface area contributed by atoms with E-state index in [1.165, 1.54) is 25.7 Å². The van der Waals surface area contributed by atoms with Crippen molar-refractivity contribution in [3.8, 4) is 0 Å². The summed E-state index contributed by atoms with van der Waals surface area (Å²) in [5, 5.41) is 3.65. The third-order valence-corrected chi connectivity index (χ3v) is 6.65. The lowest BCUT2D eigenvalue weighted by Crippen LogP contribution is -2.43. The van der Waals surface area contributed by atoms with Gasteiger partial charge in [-0.25, -0.2) is 0 Å². The maximum atomic E-state index is 6.43. The minimum absolute atomic E-state index is 0.393. The quantitative estimate of drug-likeness (QED) is 0.753. The largest absolute Gasteiger partial charge is 0.376 e. The van der Waals surface area contributed by atoms with E-state index in [2.05, 4.69) is 46.9 Å². The van der Waals surface area contributed by atoms with Crippen molar-refractivity contribution < 1.29 is 4.74 Å². The van der Waals surface area contributed by atoms with Gasteiger partial charge in [-0.15, -0.1) is 0 Å². The summed E-state index contributed by atoms with van der Waals surface area (Å²) >= 11 is 0. The summed E-state index contributed by atoms with van der Waals surface area (Å²) in [5.74, 6) is 1.51. The predicted octanol–water partition coefficient (Wildman–Crippen LogP) is 4.24. The smallest absolute Gasteiger partial charge is 0.0637 e. The highest BCUT2D eigenvalue weighted by Gasteiger charge is 2.61. The van der Waals surface area contributed by atoms with Crippen LogP contribution in [0.15, 0.2) is 0 Å². The normalized spacial score (nSPS) is 36.8. The molecule has 0 aromatic rings. The van der Waals surface area contributed by atoms with Crippen LogP contribution in [0.2, 0.25) is 0 Å². The van der Waals surface area contributed by atoms with E-state index in [1.54, 1.807) is 0 Å². The molecule has 0 spiro atoms. The molecular weight excluding hydrogens is 246 g/mol. The lowest BCUT2D eigenvalue weighted by Gasteiger charge is -2.39. The van der Waals surface area contributed by atoms with Crippen LogP contribution in [0.3, 0.4) is 0 Å². The Bertz CT molecular complexity index is 325. The molecule has 2 saturated carbocycles. The first-order valence-corrected chi connectivity index (χ1v) is 8.68. The molecule has 0 aliphatic heterocycles. The maximum absolute atomic E-state index is 6.43. The average molecular weight is 281 g/mol. The van der Waals surface area contributed by atoms with Crippen molar-refractivity contribution in [3.63, 3.8) is 0 Å². The Labute approximate surface area is 126 Å². The van der Waals surface area contributed by atoms with Gasteiger partial charge in [-0.3, -0.25) is 0 Å². The van der Waals surface area contributed by atoms with Gasteiger partial charge in [-0.1, -0.05) is 41.5 Å². The molecule has 2 fully saturated rings. The van der Waals surface area contributed by atoms with E-state index in [1.807, 2.05) is 0 Å². The fourth-order valence-electron chi connectivity index (χ4n) is 4.42. The fraction of sp³-hybridized carbons (Fsp3) is 1.00. The SMILES string of the molecule is CCCNC(COC1CC2CCC1(C)C2(C)C)C(C)C. The molecular formula is C18H35NO. The maximum Gasteiger partial charge on any atom is 0.0637 e. The van der Waals surface area contributed by atoms with Gasteiger partial charge in [0.1, 0.15) is 0 Å². The summed E-state index contributed by atoms with van der Waals surface area (Å²) in [6.07, 6.45) is 5.71. The summed E-state index contributed by atoms with van der Waals surface area (Å²) in [6, 6.07) is 0.501. The Balaban J connectivity index is 1.91. The lowest BCUT2D eigenvalue weighted by molar-refractivity contribution is -0.0568. The second kappa shape index (κ2) is 5.96. The minimum Gasteiger partial charge on any atom is -0.376 e. The Hall–Kier alpha value is -0.0800. The summed E-state index contributed by atoms with van der Waals surface area (Å²) in [6.45, 7) is 16.2. The van der Waals surface area contributed by atoms with Gasteiger partial charge in [0, 0.05) is 6.04 Å². The molecule has 2 nitrogen and oxygen atoms in total. The molecule has 0 saturated heterocycles. The molecule has 0 radical (unpaired) electrons. The Kier molecular flexibility index (Phi) is 4.86. The van der Waals surface area contributed by atoms with Crippen LogP contribution in [-0.4, -0.2) is 25.3 Å². The first-order chi connectivity index (χ1) is 9.33. The number of ether oxygens (including phenoxy) is 1. The van der Waals surface area contributed by atoms with Gasteiger partial charge >= 0.3 is 0 Å². The van der Waals surface area contributed by atoms with E-state index in [0.29, 0.717) is 28.9 Å². The molecule has 2 aliphatic carbocycles. The zero-order valence-corrected chi connectivity index (χ0v) is 14.5. The second-order valence-electron chi connectivity index (χ2n) is 8.24. The molecule has 2 bridgehead atoms. The van der Waals surface area contributed by atoms with Gasteiger partial charge in [-0.05, 0) is 54.9 Å². The van der Waals surface area contributed by atoms with Crippen molar-refractivity contribution in [2.75, 3.05) is 13.2 Å². The monoisotopic (exact) mass is 281 g/mol. The molecule has 1 N–H and O–H groups in total. The van der Waals surface area contributed by atoms with Crippen molar-refractivity contribution in [2.24, 2.45) is 22.7 Å². The van der Waals surface area contributed by atoms with Crippen LogP contribution in [0.1, 0.15) is 67.2 Å². The summed E-state index contributed by atoms with van der Waals surface area (Å²) in [7, 11) is 0. The zero-order valence-electron chi connectivity index (χ0n) is 14.5. The van der Waals surface area contributed by atoms with E-state index in [-0.39, 0.29) is 0 Å². The summed E-state index contributed by atoms with van der Waals surface area (Å²) < 4.78 is 6.43. The second-order valence-corrected chi connectivity index (χ2v) is 8.24. The standard InChI is InChI=1S/C18H35NO/c1-7-10-19-15(13(2)3)12-20-16-11-14-8-9-18(16,6)17(14,4)5/h13-16,19H,7-12H2,1-6H3. The van der Waals surface area contributed by atoms with Gasteiger partial charge in [0.2, 0.25) is 0 Å². The van der Waals surface area contributed by atoms with Gasteiger partial charge in [0.05, 0.1) is 12.7 Å². The predicted molar refractivity (Wildman–Crippen MR) is 85.9 cm³/mol. The van der Waals surface area contributed by atoms with Gasteiger partial charge in [0.25, 0.3) is 0 Å². The number of fused-ring (bicyclic) bond motifs is 2. The molecule has 20 heavy (non-hydrogen) atoms. The zero-order chi connectivity index (χ0) is 15.0. The highest BCUT2D eigenvalue weighted by molar-refractivity contribution is 5.11. The molecule has 4 atom stereocenters. The topological polar surface area (TPSA) is 21.3 Å². The van der Waals surface area contributed by atoms with Crippen LogP contribution in [-0.2, 0) is 4.74 Å². The minimum atomic E-state index is 0.393. The number of hydrogen-bond acceptors (Lipinski definition) is 2. The van der Waals surface area contributed by atoms with E-state index in [0.717, 1.165) is 19.1 Å². The van der Waals surface area contributed by atoms with Crippen molar-refractivity contribution in [1.82, 2.24) is 5.32 Å². The van der Waals surface area contributed by atoms with Crippen LogP contribution >= 0.6 is 0 Å². The van der Waals surface area contributed by atoms with E-state index < -0.39 is 0 Å². The van der Waals surface area contributed by atoms with Crippen LogP contribution < -0.4 is 5.32 Å². The van der Waals surface area contributed by atoms with Crippen LogP contribution in [0.5, 0.6) is 0 Å². The lowest BCUT2D eigenvalue weighted by atomic mass is 9.70. The van der Waals surface area contributed by atoms with E-state index in [9.17, 15) is 0 Å². The van der Waals surface area contributed by atoms with Crippen LogP contribution in [0.25, 0.3) is 0 Å². The van der Waals surface area contributed by atoms with E-state index >= 15 is 0 Å². The Morgan fingerprint density at radius 2 is 1.95 bits per heavy atom. The molecule has 0 aromatic heterocycles. The molecule has 0 aromatic carbocycles. The number of rotatable bonds is 7. The molecule has 2 rings (SSSR count). The third kappa shape index (κ3) is 2.66. The molecule has 2 heteroatoms.